The van der Waals surface area contributed by atoms with E-state index in [1.54, 1.807) is 26.2 Å². The summed E-state index contributed by atoms with van der Waals surface area (Å²) in [6, 6.07) is 1.22. The van der Waals surface area contributed by atoms with Gasteiger partial charge in [-0.15, -0.1) is 11.3 Å². The molecule has 0 radical (unpaired) electrons. The molecule has 1 aliphatic carbocycles. The van der Waals surface area contributed by atoms with Crippen LogP contribution in [0.15, 0.2) is 51.2 Å². The van der Waals surface area contributed by atoms with Crippen LogP contribution in [0.5, 0.6) is 0 Å². The number of hydrogen-bond acceptors (Lipinski definition) is 10. The number of oxazole rings is 1. The van der Waals surface area contributed by atoms with E-state index in [0.29, 0.717) is 41.9 Å². The molecule has 0 bridgehead atoms. The number of amidine groups is 1. The van der Waals surface area contributed by atoms with Gasteiger partial charge in [-0.3, -0.25) is 9.79 Å². The molecular formula is C29H29ClF2N4O5S. The van der Waals surface area contributed by atoms with Crippen LogP contribution in [0.25, 0.3) is 0 Å². The van der Waals surface area contributed by atoms with Gasteiger partial charge in [0.15, 0.2) is 28.4 Å². The van der Waals surface area contributed by atoms with Gasteiger partial charge in [0.05, 0.1) is 35.9 Å². The molecule has 2 aromatic heterocycles. The van der Waals surface area contributed by atoms with Gasteiger partial charge in [0, 0.05) is 35.3 Å². The van der Waals surface area contributed by atoms with Crippen LogP contribution in [0.4, 0.5) is 8.78 Å². The Bertz CT molecular complexity index is 1500. The van der Waals surface area contributed by atoms with Crippen molar-refractivity contribution in [1.82, 2.24) is 14.9 Å². The summed E-state index contributed by atoms with van der Waals surface area (Å²) in [4.78, 5) is 40.7. The van der Waals surface area contributed by atoms with Crippen molar-refractivity contribution in [3.05, 3.63) is 80.6 Å². The number of carbonyl (C=O) groups is 2. The number of aliphatic imine (C=N–C) groups is 1. The average Bonchev–Trinajstić information content (AvgIpc) is 3.69. The van der Waals surface area contributed by atoms with E-state index in [4.69, 9.17) is 30.5 Å². The molecule has 1 saturated carbocycles. The van der Waals surface area contributed by atoms with Gasteiger partial charge in [0.2, 0.25) is 0 Å². The van der Waals surface area contributed by atoms with Crippen molar-refractivity contribution < 1.29 is 32.3 Å². The Balaban J connectivity index is 1.42. The van der Waals surface area contributed by atoms with Crippen molar-refractivity contribution in [2.24, 2.45) is 4.99 Å². The largest absolute Gasteiger partial charge is 0.466 e. The highest BCUT2D eigenvalue weighted by Gasteiger charge is 2.38. The lowest BCUT2D eigenvalue weighted by Crippen LogP contribution is -2.42. The Morgan fingerprint density at radius 2 is 1.90 bits per heavy atom. The average molecular weight is 619 g/mol. The van der Waals surface area contributed by atoms with Crippen molar-refractivity contribution in [3.8, 4) is 0 Å². The Morgan fingerprint density at radius 1 is 1.14 bits per heavy atom. The number of nitrogens with zero attached hydrogens (tertiary/aromatic N) is 4. The lowest BCUT2D eigenvalue weighted by Gasteiger charge is -2.39. The summed E-state index contributed by atoms with van der Waals surface area (Å²) in [5, 5.41) is 1.98. The number of benzene rings is 1. The fourth-order valence-electron chi connectivity index (χ4n) is 5.24. The molecule has 3 aromatic rings. The highest BCUT2D eigenvalue weighted by molar-refractivity contribution is 7.11. The molecule has 0 amide bonds. The zero-order valence-corrected chi connectivity index (χ0v) is 24.6. The van der Waals surface area contributed by atoms with Crippen LogP contribution >= 0.6 is 22.9 Å². The van der Waals surface area contributed by atoms with Crippen LogP contribution in [-0.4, -0.2) is 51.9 Å². The van der Waals surface area contributed by atoms with Crippen molar-refractivity contribution in [3.63, 3.8) is 0 Å². The van der Waals surface area contributed by atoms with E-state index in [1.165, 1.54) is 23.7 Å². The van der Waals surface area contributed by atoms with E-state index in [0.717, 1.165) is 18.9 Å². The van der Waals surface area contributed by atoms with E-state index in [1.807, 2.05) is 10.3 Å². The number of aromatic nitrogens is 2. The number of esters is 2. The summed E-state index contributed by atoms with van der Waals surface area (Å²) in [5.41, 5.74) is 0.835. The van der Waals surface area contributed by atoms with Gasteiger partial charge in [-0.25, -0.2) is 23.5 Å². The molecular weight excluding hydrogens is 590 g/mol. The molecule has 1 aromatic carbocycles. The smallest absolute Gasteiger partial charge is 0.338 e. The number of thiazole rings is 1. The first kappa shape index (κ1) is 29.8. The van der Waals surface area contributed by atoms with E-state index in [9.17, 15) is 18.4 Å². The molecule has 222 valence electrons. The van der Waals surface area contributed by atoms with Crippen LogP contribution in [0, 0.1) is 11.6 Å². The monoisotopic (exact) mass is 618 g/mol. The van der Waals surface area contributed by atoms with Crippen LogP contribution in [0.3, 0.4) is 0 Å². The van der Waals surface area contributed by atoms with Crippen molar-refractivity contribution in [2.75, 3.05) is 13.2 Å². The van der Waals surface area contributed by atoms with Crippen molar-refractivity contribution in [1.29, 1.82) is 0 Å². The first-order valence-corrected chi connectivity index (χ1v) is 14.9. The summed E-state index contributed by atoms with van der Waals surface area (Å²) in [7, 11) is 0. The maximum atomic E-state index is 14.5. The fraction of sp³-hybridized carbons (Fsp3) is 0.414. The number of ether oxygens (including phenoxy) is 2. The molecule has 0 N–H and O–H groups in total. The lowest BCUT2D eigenvalue weighted by atomic mass is 9.84. The molecule has 13 heteroatoms. The topological polar surface area (TPSA) is 107 Å². The second-order valence-electron chi connectivity index (χ2n) is 9.83. The molecule has 0 saturated heterocycles. The second kappa shape index (κ2) is 13.1. The van der Waals surface area contributed by atoms with E-state index in [-0.39, 0.29) is 42.1 Å². The number of carbonyl (C=O) groups excluding carboxylic acids is 2. The van der Waals surface area contributed by atoms with E-state index in [2.05, 4.69) is 9.97 Å². The maximum Gasteiger partial charge on any atom is 0.338 e. The van der Waals surface area contributed by atoms with Gasteiger partial charge in [0.1, 0.15) is 12.3 Å². The van der Waals surface area contributed by atoms with Crippen molar-refractivity contribution >= 4 is 40.7 Å². The zero-order valence-electron chi connectivity index (χ0n) is 23.0. The van der Waals surface area contributed by atoms with Gasteiger partial charge in [-0.2, -0.15) is 0 Å². The Kier molecular flexibility index (Phi) is 9.32. The minimum absolute atomic E-state index is 0.0522. The zero-order chi connectivity index (χ0) is 29.8. The highest BCUT2D eigenvalue weighted by Crippen LogP contribution is 2.41. The van der Waals surface area contributed by atoms with Crippen molar-refractivity contribution in [2.45, 2.75) is 64.0 Å². The van der Waals surface area contributed by atoms with Gasteiger partial charge in [-0.1, -0.05) is 17.7 Å². The third kappa shape index (κ3) is 6.24. The summed E-state index contributed by atoms with van der Waals surface area (Å²) in [6.45, 7) is 3.86. The second-order valence-corrected chi connectivity index (χ2v) is 11.1. The molecule has 1 unspecified atom stereocenters. The van der Waals surface area contributed by atoms with Gasteiger partial charge < -0.3 is 18.8 Å². The van der Waals surface area contributed by atoms with Crippen LogP contribution in [-0.2, 0) is 25.5 Å². The predicted octanol–water partition coefficient (Wildman–Crippen LogP) is 6.15. The number of rotatable bonds is 9. The van der Waals surface area contributed by atoms with Gasteiger partial charge >= 0.3 is 11.9 Å². The minimum Gasteiger partial charge on any atom is -0.466 e. The van der Waals surface area contributed by atoms with E-state index >= 15 is 0 Å². The molecule has 9 nitrogen and oxygen atoms in total. The molecule has 1 atom stereocenters. The summed E-state index contributed by atoms with van der Waals surface area (Å²) in [5.74, 6) is -2.14. The maximum absolute atomic E-state index is 14.5. The van der Waals surface area contributed by atoms with Crippen LogP contribution in [0.1, 0.15) is 73.6 Å². The van der Waals surface area contributed by atoms with Crippen LogP contribution < -0.4 is 0 Å². The molecule has 2 aliphatic rings. The summed E-state index contributed by atoms with van der Waals surface area (Å²) < 4.78 is 44.4. The van der Waals surface area contributed by atoms with Gasteiger partial charge in [0.25, 0.3) is 0 Å². The quantitative estimate of drug-likeness (QED) is 0.208. The lowest BCUT2D eigenvalue weighted by molar-refractivity contribution is -0.142. The Morgan fingerprint density at radius 3 is 2.60 bits per heavy atom. The molecule has 0 spiro atoms. The molecule has 1 aliphatic heterocycles. The molecule has 3 heterocycles. The highest BCUT2D eigenvalue weighted by atomic mass is 35.5. The number of halogens is 3. The summed E-state index contributed by atoms with van der Waals surface area (Å²) >= 11 is 7.60. The van der Waals surface area contributed by atoms with Crippen LogP contribution in [0.2, 0.25) is 5.02 Å². The fourth-order valence-corrected chi connectivity index (χ4v) is 6.13. The predicted molar refractivity (Wildman–Crippen MR) is 151 cm³/mol. The summed E-state index contributed by atoms with van der Waals surface area (Å²) in [6.07, 6.45) is 7.80. The van der Waals surface area contributed by atoms with E-state index < -0.39 is 28.7 Å². The molecule has 1 fully saturated rings. The van der Waals surface area contributed by atoms with Gasteiger partial charge in [-0.05, 0) is 45.6 Å². The molecule has 42 heavy (non-hydrogen) atoms. The Labute approximate surface area is 250 Å². The third-order valence-electron chi connectivity index (χ3n) is 7.20. The third-order valence-corrected chi connectivity index (χ3v) is 8.36. The SMILES string of the molecule is CCOC(=O)Cc1coc([C@H]2CC[C@H](N3C=C(C(=O)OCC)C(c4ccc(F)c(F)c4Cl)N=C3c3nccs3)CC2)n1. The first-order valence-electron chi connectivity index (χ1n) is 13.7. The standard InChI is InChI=1S/C29H29ClF2N4O5S/c1-3-39-22(37)13-17-15-41-27(34-17)16-5-7-18(8-6-16)36-14-20(29(38)40-4-2)25(35-26(36)28-33-11-12-42-28)19-9-10-21(31)24(32)23(19)30/h9-12,14-16,18,25H,3-8,13H2,1-2H3/t16-,18-,25?. The normalized spacial score (nSPS) is 20.6. The number of hydrogen-bond donors (Lipinski definition) is 0. The molecule has 5 rings (SSSR count). The minimum atomic E-state index is -1.21. The Hall–Kier alpha value is -3.64. The first-order chi connectivity index (χ1) is 20.3.